The van der Waals surface area contributed by atoms with Gasteiger partial charge in [0, 0.05) is 5.56 Å². The third kappa shape index (κ3) is 2.79. The lowest BCUT2D eigenvalue weighted by Crippen LogP contribution is -2.49. The first-order valence-electron chi connectivity index (χ1n) is 9.77. The first-order chi connectivity index (χ1) is 14.5. The van der Waals surface area contributed by atoms with Crippen molar-refractivity contribution in [3.63, 3.8) is 0 Å². The van der Waals surface area contributed by atoms with E-state index >= 15 is 0 Å². The highest BCUT2D eigenvalue weighted by atomic mass is 16.6. The second-order valence-corrected chi connectivity index (χ2v) is 7.40. The van der Waals surface area contributed by atoms with E-state index in [0.717, 1.165) is 0 Å². The van der Waals surface area contributed by atoms with Crippen LogP contribution < -0.4 is 0 Å². The molecule has 0 saturated carbocycles. The minimum absolute atomic E-state index is 0.0461. The molecule has 0 radical (unpaired) electrons. The van der Waals surface area contributed by atoms with Gasteiger partial charge in [0.25, 0.3) is 0 Å². The van der Waals surface area contributed by atoms with Crippen molar-refractivity contribution in [1.82, 2.24) is 0 Å². The SMILES string of the molecule is COC(=O)C1=C(C(=O)OC)[C@@]2(c3ccccc3)CCC[C@]1(C(=O)c1ccccc1)O2. The summed E-state index contributed by atoms with van der Waals surface area (Å²) in [5.41, 5.74) is -1.81. The standard InChI is InChI=1S/C24H22O6/c1-28-21(26)18-19(22(27)29-2)24(20(25)16-10-5-3-6-11-16)15-9-14-23(18,30-24)17-12-7-4-8-13-17/h3-8,10-13H,9,14-15H2,1-2H3/t23-,24-/m0/s1. The average Bonchev–Trinajstić information content (AvgIpc) is 3.03. The fourth-order valence-electron chi connectivity index (χ4n) is 4.63. The number of benzene rings is 2. The summed E-state index contributed by atoms with van der Waals surface area (Å²) >= 11 is 0. The van der Waals surface area contributed by atoms with E-state index in [1.54, 1.807) is 30.3 Å². The molecule has 2 aliphatic rings. The van der Waals surface area contributed by atoms with E-state index in [-0.39, 0.29) is 23.4 Å². The van der Waals surface area contributed by atoms with Gasteiger partial charge in [-0.2, -0.15) is 0 Å². The molecule has 6 heteroatoms. The number of hydrogen-bond acceptors (Lipinski definition) is 6. The fourth-order valence-corrected chi connectivity index (χ4v) is 4.63. The van der Waals surface area contributed by atoms with Gasteiger partial charge in [-0.1, -0.05) is 60.7 Å². The van der Waals surface area contributed by atoms with Crippen LogP contribution in [0.5, 0.6) is 0 Å². The zero-order valence-electron chi connectivity index (χ0n) is 16.8. The number of hydrogen-bond donors (Lipinski definition) is 0. The summed E-state index contributed by atoms with van der Waals surface area (Å²) in [5, 5.41) is 0. The number of carbonyl (C=O) groups excluding carboxylic acids is 3. The van der Waals surface area contributed by atoms with Crippen molar-refractivity contribution < 1.29 is 28.6 Å². The largest absolute Gasteiger partial charge is 0.466 e. The van der Waals surface area contributed by atoms with Crippen LogP contribution >= 0.6 is 0 Å². The Bertz CT molecular complexity index is 1030. The summed E-state index contributed by atoms with van der Waals surface area (Å²) in [6.07, 6.45) is 1.28. The molecule has 2 atom stereocenters. The zero-order chi connectivity index (χ0) is 21.4. The molecular weight excluding hydrogens is 384 g/mol. The van der Waals surface area contributed by atoms with Crippen LogP contribution in [0.4, 0.5) is 0 Å². The lowest BCUT2D eigenvalue weighted by molar-refractivity contribution is -0.147. The topological polar surface area (TPSA) is 78.9 Å². The summed E-state index contributed by atoms with van der Waals surface area (Å²) in [6, 6.07) is 17.8. The molecule has 30 heavy (non-hydrogen) atoms. The number of carbonyl (C=O) groups is 3. The Hall–Kier alpha value is -3.25. The maximum Gasteiger partial charge on any atom is 0.337 e. The molecular formula is C24H22O6. The number of ether oxygens (including phenoxy) is 3. The van der Waals surface area contributed by atoms with Crippen molar-refractivity contribution >= 4 is 17.7 Å². The Labute approximate surface area is 174 Å². The minimum atomic E-state index is -1.62. The third-order valence-corrected chi connectivity index (χ3v) is 5.89. The van der Waals surface area contributed by atoms with Crippen LogP contribution in [0, 0.1) is 0 Å². The van der Waals surface area contributed by atoms with Crippen molar-refractivity contribution in [2.75, 3.05) is 14.2 Å². The first kappa shape index (κ1) is 20.0. The van der Waals surface area contributed by atoms with E-state index < -0.39 is 23.1 Å². The van der Waals surface area contributed by atoms with Crippen LogP contribution in [0.15, 0.2) is 71.8 Å². The Morgan fingerprint density at radius 1 is 0.800 bits per heavy atom. The molecule has 2 aromatic carbocycles. The molecule has 2 bridgehead atoms. The molecule has 2 heterocycles. The number of fused-ring (bicyclic) bond motifs is 2. The van der Waals surface area contributed by atoms with Crippen LogP contribution in [0.1, 0.15) is 35.2 Å². The predicted octanol–water partition coefficient (Wildman–Crippen LogP) is 3.36. The van der Waals surface area contributed by atoms with E-state index in [2.05, 4.69) is 0 Å². The van der Waals surface area contributed by atoms with Crippen molar-refractivity contribution in [3.05, 3.63) is 82.9 Å². The Balaban J connectivity index is 2.02. The van der Waals surface area contributed by atoms with Crippen molar-refractivity contribution in [3.8, 4) is 0 Å². The predicted molar refractivity (Wildman–Crippen MR) is 108 cm³/mol. The highest BCUT2D eigenvalue weighted by Gasteiger charge is 2.65. The molecule has 0 amide bonds. The van der Waals surface area contributed by atoms with E-state index in [1.165, 1.54) is 14.2 Å². The van der Waals surface area contributed by atoms with E-state index in [4.69, 9.17) is 14.2 Å². The summed E-state index contributed by atoms with van der Waals surface area (Å²) in [4.78, 5) is 39.7. The summed E-state index contributed by atoms with van der Waals surface area (Å²) in [6.45, 7) is 0. The molecule has 0 aromatic heterocycles. The molecule has 1 saturated heterocycles. The van der Waals surface area contributed by atoms with Gasteiger partial charge in [-0.25, -0.2) is 9.59 Å². The van der Waals surface area contributed by atoms with Gasteiger partial charge in [0.05, 0.1) is 25.4 Å². The van der Waals surface area contributed by atoms with Crippen LogP contribution in [0.25, 0.3) is 0 Å². The smallest absolute Gasteiger partial charge is 0.337 e. The molecule has 154 valence electrons. The summed E-state index contributed by atoms with van der Waals surface area (Å²) < 4.78 is 16.6. The quantitative estimate of drug-likeness (QED) is 0.560. The van der Waals surface area contributed by atoms with Gasteiger partial charge < -0.3 is 14.2 Å². The minimum Gasteiger partial charge on any atom is -0.466 e. The number of Topliss-reactive ketones (excluding diaryl/α,β-unsaturated/α-hetero) is 1. The monoisotopic (exact) mass is 406 g/mol. The third-order valence-electron chi connectivity index (χ3n) is 5.89. The molecule has 1 fully saturated rings. The highest BCUT2D eigenvalue weighted by molar-refractivity contribution is 6.15. The van der Waals surface area contributed by atoms with Gasteiger partial charge in [0.2, 0.25) is 0 Å². The number of esters is 2. The van der Waals surface area contributed by atoms with Gasteiger partial charge in [0.1, 0.15) is 5.60 Å². The van der Waals surface area contributed by atoms with Crippen molar-refractivity contribution in [2.45, 2.75) is 30.5 Å². The van der Waals surface area contributed by atoms with Gasteiger partial charge in [0.15, 0.2) is 11.4 Å². The Kier molecular flexibility index (Phi) is 5.03. The van der Waals surface area contributed by atoms with Crippen LogP contribution in [-0.2, 0) is 29.4 Å². The van der Waals surface area contributed by atoms with Crippen molar-refractivity contribution in [1.29, 1.82) is 0 Å². The molecule has 0 spiro atoms. The van der Waals surface area contributed by atoms with Crippen molar-refractivity contribution in [2.24, 2.45) is 0 Å². The Morgan fingerprint density at radius 2 is 1.37 bits per heavy atom. The average molecular weight is 406 g/mol. The molecule has 2 aromatic rings. The van der Waals surface area contributed by atoms with Crippen LogP contribution in [0.3, 0.4) is 0 Å². The molecule has 4 rings (SSSR count). The lowest BCUT2D eigenvalue weighted by atomic mass is 9.81. The summed E-state index contributed by atoms with van der Waals surface area (Å²) in [7, 11) is 2.47. The highest BCUT2D eigenvalue weighted by Crippen LogP contribution is 2.58. The maximum absolute atomic E-state index is 13.7. The second kappa shape index (κ2) is 7.54. The number of methoxy groups -OCH3 is 2. The lowest BCUT2D eigenvalue weighted by Gasteiger charge is -2.41. The van der Waals surface area contributed by atoms with E-state index in [9.17, 15) is 14.4 Å². The van der Waals surface area contributed by atoms with Crippen LogP contribution in [0.2, 0.25) is 0 Å². The van der Waals surface area contributed by atoms with Gasteiger partial charge in [-0.05, 0) is 24.8 Å². The Morgan fingerprint density at radius 3 is 1.97 bits per heavy atom. The molecule has 6 nitrogen and oxygen atoms in total. The normalized spacial score (nSPS) is 25.0. The maximum atomic E-state index is 13.7. The molecule has 2 aliphatic heterocycles. The molecule has 0 unspecified atom stereocenters. The van der Waals surface area contributed by atoms with Crippen LogP contribution in [-0.4, -0.2) is 37.5 Å². The fraction of sp³-hybridized carbons (Fsp3) is 0.292. The summed E-state index contributed by atoms with van der Waals surface area (Å²) in [5.74, 6) is -1.84. The molecule has 0 N–H and O–H groups in total. The van der Waals surface area contributed by atoms with Gasteiger partial charge in [-0.15, -0.1) is 0 Å². The first-order valence-corrected chi connectivity index (χ1v) is 9.77. The zero-order valence-corrected chi connectivity index (χ0v) is 16.8. The van der Waals surface area contributed by atoms with E-state index in [0.29, 0.717) is 24.0 Å². The van der Waals surface area contributed by atoms with Gasteiger partial charge in [-0.3, -0.25) is 4.79 Å². The van der Waals surface area contributed by atoms with Gasteiger partial charge >= 0.3 is 11.9 Å². The van der Waals surface area contributed by atoms with E-state index in [1.807, 2.05) is 30.3 Å². The second-order valence-electron chi connectivity index (χ2n) is 7.40. The number of ketones is 1. The molecule has 0 aliphatic carbocycles. The number of rotatable bonds is 5.